The maximum Gasteiger partial charge on any atom is 0.0702 e. The molecule has 0 aliphatic rings. The molecule has 0 amide bonds. The highest BCUT2D eigenvalue weighted by Gasteiger charge is 1.93. The first kappa shape index (κ1) is 9.81. The Bertz CT molecular complexity index is 513. The number of aromatic nitrogens is 1. The van der Waals surface area contributed by atoms with Gasteiger partial charge in [0.1, 0.15) is 0 Å². The molecule has 1 heterocycles. The van der Waals surface area contributed by atoms with Crippen LogP contribution in [0, 0.1) is 11.2 Å². The molecule has 1 aromatic carbocycles. The van der Waals surface area contributed by atoms with Crippen LogP contribution in [0.5, 0.6) is 0 Å². The summed E-state index contributed by atoms with van der Waals surface area (Å²) in [4.78, 5) is 4.32. The smallest absolute Gasteiger partial charge is 0.0702 e. The first-order chi connectivity index (χ1) is 6.90. The number of benzene rings is 1. The van der Waals surface area contributed by atoms with Gasteiger partial charge in [-0.25, -0.2) is 0 Å². The molecule has 0 fully saturated rings. The van der Waals surface area contributed by atoms with Crippen molar-refractivity contribution >= 4 is 41.0 Å². The van der Waals surface area contributed by atoms with E-state index in [9.17, 15) is 0 Å². The van der Waals surface area contributed by atoms with Gasteiger partial charge >= 0.3 is 0 Å². The summed E-state index contributed by atoms with van der Waals surface area (Å²) in [5.41, 5.74) is 1.98. The van der Waals surface area contributed by atoms with Crippen molar-refractivity contribution in [3.63, 3.8) is 0 Å². The minimum atomic E-state index is 0.966. The van der Waals surface area contributed by atoms with E-state index in [4.69, 9.17) is 0 Å². The Balaban J connectivity index is 2.51. The van der Waals surface area contributed by atoms with Gasteiger partial charge in [0, 0.05) is 38.4 Å². The number of nitrogens with zero attached hydrogens (tertiary/aromatic N) is 1. The van der Waals surface area contributed by atoms with Crippen LogP contribution in [0.3, 0.4) is 0 Å². The molecule has 2 rings (SSSR count). The van der Waals surface area contributed by atoms with E-state index in [2.05, 4.69) is 43.4 Å². The molecule has 1 aromatic heterocycles. The van der Waals surface area contributed by atoms with Crippen LogP contribution in [0.2, 0.25) is 0 Å². The van der Waals surface area contributed by atoms with Gasteiger partial charge in [0.2, 0.25) is 0 Å². The van der Waals surface area contributed by atoms with Crippen molar-refractivity contribution in [2.24, 2.45) is 0 Å². The molecule has 0 bridgehead atoms. The van der Waals surface area contributed by atoms with Crippen molar-refractivity contribution < 1.29 is 0 Å². The highest BCUT2D eigenvalue weighted by atomic mass is 127. The molecule has 0 aliphatic heterocycles. The van der Waals surface area contributed by atoms with Crippen LogP contribution >= 0.6 is 30.1 Å². The van der Waals surface area contributed by atoms with Gasteiger partial charge < -0.3 is 0 Å². The fourth-order valence-corrected chi connectivity index (χ4v) is 1.70. The van der Waals surface area contributed by atoms with Crippen molar-refractivity contribution in [1.29, 1.82) is 0 Å². The Morgan fingerprint density at radius 1 is 1.29 bits per heavy atom. The molecule has 0 saturated carbocycles. The van der Waals surface area contributed by atoms with Crippen molar-refractivity contribution in [2.75, 3.05) is 0 Å². The molecule has 0 spiro atoms. The summed E-state index contributed by atoms with van der Waals surface area (Å²) in [6.07, 6.45) is 1.81. The van der Waals surface area contributed by atoms with Gasteiger partial charge in [0.05, 0.1) is 5.52 Å². The molecule has 1 nitrogen and oxygen atoms in total. The van der Waals surface area contributed by atoms with E-state index >= 15 is 0 Å². The van der Waals surface area contributed by atoms with Crippen molar-refractivity contribution in [3.8, 4) is 11.2 Å². The predicted octanol–water partition coefficient (Wildman–Crippen LogP) is 3.63. The Morgan fingerprint density at radius 2 is 2.14 bits per heavy atom. The Labute approximate surface area is 98.9 Å². The van der Waals surface area contributed by atoms with E-state index in [0.29, 0.717) is 0 Å². The number of para-hydroxylation sites is 1. The quantitative estimate of drug-likeness (QED) is 0.544. The second-order valence-corrected chi connectivity index (χ2v) is 4.40. The molecule has 0 aliphatic carbocycles. The summed E-state index contributed by atoms with van der Waals surface area (Å²) in [6, 6.07) is 10.1. The van der Waals surface area contributed by atoms with E-state index in [1.54, 1.807) is 0 Å². The average Bonchev–Trinajstić information content (AvgIpc) is 2.26. The molecule has 2 aromatic rings. The summed E-state index contributed by atoms with van der Waals surface area (Å²) in [7, 11) is 1.48. The number of hydrogen-bond donors (Lipinski definition) is 0. The molecule has 0 radical (unpaired) electrons. The van der Waals surface area contributed by atoms with Gasteiger partial charge in [-0.05, 0) is 26.3 Å². The van der Waals surface area contributed by atoms with E-state index in [-0.39, 0.29) is 0 Å². The molecule has 0 atom stereocenters. The molecule has 0 N–H and O–H groups in total. The number of rotatable bonds is 0. The maximum atomic E-state index is 4.32. The molecule has 0 unspecified atom stereocenters. The highest BCUT2D eigenvalue weighted by Crippen LogP contribution is 2.13. The summed E-state index contributed by atoms with van der Waals surface area (Å²) in [5.74, 6) is 3.03. The second-order valence-electron chi connectivity index (χ2n) is 2.72. The van der Waals surface area contributed by atoms with Crippen molar-refractivity contribution in [2.45, 2.75) is 0 Å². The molecule has 14 heavy (non-hydrogen) atoms. The standard InChI is InChI=1S/C11H6INS/c12-14-6-5-9-7-10-3-1-2-4-11(10)13-8-9/h1-4,7-8H. The van der Waals surface area contributed by atoms with Crippen molar-refractivity contribution in [1.82, 2.24) is 4.98 Å². The van der Waals surface area contributed by atoms with Crippen molar-refractivity contribution in [3.05, 3.63) is 42.1 Å². The number of pyridine rings is 1. The lowest BCUT2D eigenvalue weighted by molar-refractivity contribution is 1.39. The first-order valence-electron chi connectivity index (χ1n) is 4.03. The second kappa shape index (κ2) is 4.67. The average molecular weight is 311 g/mol. The van der Waals surface area contributed by atoms with Crippen LogP contribution in [-0.4, -0.2) is 4.98 Å². The maximum absolute atomic E-state index is 4.32. The van der Waals surface area contributed by atoms with Crippen LogP contribution in [-0.2, 0) is 0 Å². The third kappa shape index (κ3) is 2.20. The van der Waals surface area contributed by atoms with Crippen LogP contribution < -0.4 is 0 Å². The third-order valence-corrected chi connectivity index (χ3v) is 2.66. The van der Waals surface area contributed by atoms with Gasteiger partial charge in [0.25, 0.3) is 0 Å². The Hall–Kier alpha value is -0.730. The highest BCUT2D eigenvalue weighted by molar-refractivity contribution is 14.2. The lowest BCUT2D eigenvalue weighted by Crippen LogP contribution is -1.80. The largest absolute Gasteiger partial charge is 0.255 e. The van der Waals surface area contributed by atoms with Gasteiger partial charge in [-0.3, -0.25) is 4.98 Å². The lowest BCUT2D eigenvalue weighted by atomic mass is 10.2. The molecule has 3 heteroatoms. The minimum Gasteiger partial charge on any atom is -0.255 e. The van der Waals surface area contributed by atoms with Gasteiger partial charge in [-0.15, -0.1) is 0 Å². The summed E-state index contributed by atoms with van der Waals surface area (Å²) >= 11 is 2.15. The number of hydrogen-bond acceptors (Lipinski definition) is 2. The minimum absolute atomic E-state index is 0.966. The number of halogens is 1. The van der Waals surface area contributed by atoms with Crippen LogP contribution in [0.25, 0.3) is 10.9 Å². The predicted molar refractivity (Wildman–Crippen MR) is 70.2 cm³/mol. The number of fused-ring (bicyclic) bond motifs is 1. The van der Waals surface area contributed by atoms with Crippen LogP contribution in [0.1, 0.15) is 5.56 Å². The Kier molecular flexibility index (Phi) is 3.27. The fourth-order valence-electron chi connectivity index (χ4n) is 1.22. The topological polar surface area (TPSA) is 12.9 Å². The molecular formula is C11H6INS. The zero-order chi connectivity index (χ0) is 9.80. The third-order valence-electron chi connectivity index (χ3n) is 1.82. The summed E-state index contributed by atoms with van der Waals surface area (Å²) in [5, 5.41) is 4.08. The van der Waals surface area contributed by atoms with Gasteiger partial charge in [0.15, 0.2) is 0 Å². The SMILES string of the molecule is ISC#Cc1cnc2ccccc2c1. The molecule has 68 valence electrons. The summed E-state index contributed by atoms with van der Waals surface area (Å²) < 4.78 is 0. The summed E-state index contributed by atoms with van der Waals surface area (Å²) in [6.45, 7) is 0. The molecule has 0 saturated heterocycles. The van der Waals surface area contributed by atoms with E-state index in [1.165, 1.54) is 8.93 Å². The van der Waals surface area contributed by atoms with Crippen LogP contribution in [0.4, 0.5) is 0 Å². The van der Waals surface area contributed by atoms with E-state index in [0.717, 1.165) is 16.5 Å². The zero-order valence-corrected chi connectivity index (χ0v) is 10.2. The van der Waals surface area contributed by atoms with Crippen LogP contribution in [0.15, 0.2) is 36.5 Å². The monoisotopic (exact) mass is 311 g/mol. The molecular weight excluding hydrogens is 305 g/mol. The van der Waals surface area contributed by atoms with E-state index < -0.39 is 0 Å². The van der Waals surface area contributed by atoms with Gasteiger partial charge in [-0.1, -0.05) is 24.1 Å². The van der Waals surface area contributed by atoms with Gasteiger partial charge in [-0.2, -0.15) is 0 Å². The van der Waals surface area contributed by atoms with E-state index in [1.807, 2.05) is 30.5 Å². The Morgan fingerprint density at radius 3 is 3.00 bits per heavy atom. The first-order valence-corrected chi connectivity index (χ1v) is 7.39. The fraction of sp³-hybridized carbons (Fsp3) is 0. The lowest BCUT2D eigenvalue weighted by Gasteiger charge is -1.95. The normalized spacial score (nSPS) is 9.50. The zero-order valence-electron chi connectivity index (χ0n) is 7.20.